The zero-order valence-electron chi connectivity index (χ0n) is 18.9. The van der Waals surface area contributed by atoms with Gasteiger partial charge in [-0.3, -0.25) is 9.51 Å². The van der Waals surface area contributed by atoms with E-state index >= 15 is 0 Å². The van der Waals surface area contributed by atoms with Crippen LogP contribution in [0.2, 0.25) is 0 Å². The molecule has 5 rings (SSSR count). The molecule has 0 amide bonds. The first-order valence-corrected chi connectivity index (χ1v) is 11.4. The number of nitrogens with zero attached hydrogens (tertiary/aromatic N) is 2. The average molecular weight is 442 g/mol. The maximum absolute atomic E-state index is 11.7. The van der Waals surface area contributed by atoms with E-state index in [-0.39, 0.29) is 24.9 Å². The van der Waals surface area contributed by atoms with Crippen molar-refractivity contribution in [1.82, 2.24) is 14.7 Å². The van der Waals surface area contributed by atoms with E-state index < -0.39 is 11.3 Å². The number of fused-ring (bicyclic) bond motifs is 1. The van der Waals surface area contributed by atoms with Gasteiger partial charge in [-0.05, 0) is 75.1 Å². The molecule has 0 spiro atoms. The van der Waals surface area contributed by atoms with Crippen LogP contribution in [-0.2, 0) is 28.0 Å². The van der Waals surface area contributed by atoms with E-state index in [1.165, 1.54) is 5.56 Å². The van der Waals surface area contributed by atoms with Gasteiger partial charge in [0.25, 0.3) is 0 Å². The second-order valence-corrected chi connectivity index (χ2v) is 9.99. The predicted molar refractivity (Wildman–Crippen MR) is 118 cm³/mol. The van der Waals surface area contributed by atoms with Gasteiger partial charge in [0.05, 0.1) is 12.2 Å². The van der Waals surface area contributed by atoms with Crippen LogP contribution in [-0.4, -0.2) is 38.8 Å². The van der Waals surface area contributed by atoms with Gasteiger partial charge in [0.2, 0.25) is 0 Å². The maximum atomic E-state index is 11.7. The van der Waals surface area contributed by atoms with Crippen LogP contribution in [0.15, 0.2) is 33.6 Å². The van der Waals surface area contributed by atoms with Crippen molar-refractivity contribution in [3.05, 3.63) is 51.9 Å². The van der Waals surface area contributed by atoms with Crippen LogP contribution < -0.4 is 5.76 Å². The number of aliphatic hydroxyl groups is 1. The fraction of sp³-hybridized carbons (Fsp3) is 0.583. The Kier molecular flexibility index (Phi) is 5.27. The third-order valence-electron chi connectivity index (χ3n) is 7.13. The Hall–Kier alpha value is -2.42. The Bertz CT molecular complexity index is 1180. The lowest BCUT2D eigenvalue weighted by Crippen LogP contribution is -2.34. The molecule has 3 heterocycles. The first kappa shape index (κ1) is 21.4. The van der Waals surface area contributed by atoms with Crippen molar-refractivity contribution < 1.29 is 19.1 Å². The molecular weight excluding hydrogens is 410 g/mol. The SMILES string of the molecule is C[C@H]1C[C@]1(c1noc(=O)[nH]1)n1c(COCO)cc2cc(CC3CCOC(C)(C)C3)ccc21. The number of nitrogens with one attached hydrogen (secondary N) is 1. The van der Waals surface area contributed by atoms with Crippen molar-refractivity contribution in [2.24, 2.45) is 11.8 Å². The Morgan fingerprint density at radius 2 is 2.12 bits per heavy atom. The lowest BCUT2D eigenvalue weighted by molar-refractivity contribution is -0.0721. The average Bonchev–Trinajstić information content (AvgIpc) is 3.07. The first-order chi connectivity index (χ1) is 15.3. The van der Waals surface area contributed by atoms with Crippen molar-refractivity contribution in [1.29, 1.82) is 0 Å². The number of rotatable bonds is 7. The summed E-state index contributed by atoms with van der Waals surface area (Å²) in [6, 6.07) is 8.73. The van der Waals surface area contributed by atoms with Gasteiger partial charge in [-0.15, -0.1) is 0 Å². The van der Waals surface area contributed by atoms with Gasteiger partial charge >= 0.3 is 5.76 Å². The van der Waals surface area contributed by atoms with Crippen molar-refractivity contribution in [2.45, 2.75) is 64.2 Å². The molecule has 3 aromatic rings. The summed E-state index contributed by atoms with van der Waals surface area (Å²) >= 11 is 0. The summed E-state index contributed by atoms with van der Waals surface area (Å²) in [6.07, 6.45) is 4.00. The molecule has 1 aromatic carbocycles. The van der Waals surface area contributed by atoms with E-state index in [0.717, 1.165) is 48.9 Å². The molecule has 2 N–H and O–H groups in total. The minimum atomic E-state index is -0.551. The number of hydrogen-bond donors (Lipinski definition) is 2. The van der Waals surface area contributed by atoms with Crippen LogP contribution in [0.1, 0.15) is 57.1 Å². The van der Waals surface area contributed by atoms with Crippen molar-refractivity contribution in [3.63, 3.8) is 0 Å². The fourth-order valence-electron chi connectivity index (χ4n) is 5.61. The molecule has 1 saturated carbocycles. The van der Waals surface area contributed by atoms with E-state index in [1.54, 1.807) is 0 Å². The molecule has 2 aliphatic rings. The van der Waals surface area contributed by atoms with Gasteiger partial charge in [0.15, 0.2) is 5.82 Å². The minimum Gasteiger partial charge on any atom is -0.376 e. The minimum absolute atomic E-state index is 0.0614. The van der Waals surface area contributed by atoms with Crippen molar-refractivity contribution >= 4 is 10.9 Å². The van der Waals surface area contributed by atoms with E-state index in [1.807, 2.05) is 0 Å². The maximum Gasteiger partial charge on any atom is 0.438 e. The predicted octanol–water partition coefficient (Wildman–Crippen LogP) is 3.32. The highest BCUT2D eigenvalue weighted by molar-refractivity contribution is 5.83. The lowest BCUT2D eigenvalue weighted by atomic mass is 9.84. The van der Waals surface area contributed by atoms with Gasteiger partial charge in [-0.1, -0.05) is 18.1 Å². The summed E-state index contributed by atoms with van der Waals surface area (Å²) in [7, 11) is 0. The topological polar surface area (TPSA) is 103 Å². The number of aromatic amines is 1. The summed E-state index contributed by atoms with van der Waals surface area (Å²) in [5.74, 6) is 0.859. The molecule has 2 aromatic heterocycles. The standard InChI is InChI=1S/C24H31N3O5/c1-15-11-24(15,21-25-22(29)32-26-21)27-19(13-30-14-28)10-18-9-16(4-5-20(18)27)8-17-6-7-31-23(2,3)12-17/h4-5,9-10,15,17,28H,6-8,11-14H2,1-3H3,(H,25,26,29)/t15-,17?,24-/m0/s1. The number of aliphatic hydroxyl groups excluding tert-OH is 1. The molecule has 32 heavy (non-hydrogen) atoms. The molecule has 0 radical (unpaired) electrons. The summed E-state index contributed by atoms with van der Waals surface area (Å²) in [6.45, 7) is 7.20. The zero-order valence-corrected chi connectivity index (χ0v) is 18.9. The van der Waals surface area contributed by atoms with Crippen LogP contribution in [0.25, 0.3) is 10.9 Å². The van der Waals surface area contributed by atoms with E-state index in [0.29, 0.717) is 11.7 Å². The molecular formula is C24H31N3O5. The Morgan fingerprint density at radius 1 is 1.31 bits per heavy atom. The normalized spacial score (nSPS) is 27.1. The van der Waals surface area contributed by atoms with Gasteiger partial charge in [-0.25, -0.2) is 4.79 Å². The molecule has 1 saturated heterocycles. The number of ether oxygens (including phenoxy) is 2. The summed E-state index contributed by atoms with van der Waals surface area (Å²) in [5, 5.41) is 14.4. The summed E-state index contributed by atoms with van der Waals surface area (Å²) in [5.41, 5.74) is 2.76. The molecule has 0 bridgehead atoms. The van der Waals surface area contributed by atoms with E-state index in [9.17, 15) is 9.90 Å². The second-order valence-electron chi connectivity index (χ2n) is 9.99. The number of benzene rings is 1. The lowest BCUT2D eigenvalue weighted by Gasteiger charge is -2.35. The highest BCUT2D eigenvalue weighted by Gasteiger charge is 2.58. The van der Waals surface area contributed by atoms with Crippen LogP contribution in [0, 0.1) is 11.8 Å². The van der Waals surface area contributed by atoms with Gasteiger partial charge < -0.3 is 19.1 Å². The third-order valence-corrected chi connectivity index (χ3v) is 7.13. The molecule has 8 nitrogen and oxygen atoms in total. The molecule has 1 aliphatic carbocycles. The van der Waals surface area contributed by atoms with Gasteiger partial charge in [0, 0.05) is 23.2 Å². The van der Waals surface area contributed by atoms with Gasteiger partial charge in [-0.2, -0.15) is 0 Å². The van der Waals surface area contributed by atoms with Crippen molar-refractivity contribution in [3.8, 4) is 0 Å². The molecule has 1 unspecified atom stereocenters. The quantitative estimate of drug-likeness (QED) is 0.546. The summed E-state index contributed by atoms with van der Waals surface area (Å²) in [4.78, 5) is 14.4. The highest BCUT2D eigenvalue weighted by atomic mass is 16.6. The highest BCUT2D eigenvalue weighted by Crippen LogP contribution is 2.55. The largest absolute Gasteiger partial charge is 0.438 e. The summed E-state index contributed by atoms with van der Waals surface area (Å²) < 4.78 is 18.3. The first-order valence-electron chi connectivity index (χ1n) is 11.4. The number of aromatic nitrogens is 3. The monoisotopic (exact) mass is 441 g/mol. The molecule has 1 aliphatic heterocycles. The van der Waals surface area contributed by atoms with Crippen LogP contribution in [0.3, 0.4) is 0 Å². The number of hydrogen-bond acceptors (Lipinski definition) is 6. The van der Waals surface area contributed by atoms with Crippen LogP contribution >= 0.6 is 0 Å². The Morgan fingerprint density at radius 3 is 2.78 bits per heavy atom. The molecule has 2 fully saturated rings. The molecule has 8 heteroatoms. The van der Waals surface area contributed by atoms with Crippen LogP contribution in [0.4, 0.5) is 0 Å². The smallest absolute Gasteiger partial charge is 0.376 e. The second kappa shape index (κ2) is 7.86. The third kappa shape index (κ3) is 3.70. The van der Waals surface area contributed by atoms with E-state index in [2.05, 4.69) is 59.7 Å². The fourth-order valence-corrected chi connectivity index (χ4v) is 5.61. The Balaban J connectivity index is 1.53. The molecule has 3 atom stereocenters. The Labute approximate surface area is 186 Å². The van der Waals surface area contributed by atoms with Crippen LogP contribution in [0.5, 0.6) is 0 Å². The van der Waals surface area contributed by atoms with Gasteiger partial charge in [0.1, 0.15) is 12.3 Å². The van der Waals surface area contributed by atoms with E-state index in [4.69, 9.17) is 14.0 Å². The van der Waals surface area contributed by atoms with Crippen molar-refractivity contribution in [2.75, 3.05) is 13.4 Å². The zero-order chi connectivity index (χ0) is 22.5. The number of H-pyrrole nitrogens is 1. The molecule has 172 valence electrons.